The Morgan fingerprint density at radius 3 is 2.47 bits per heavy atom. The maximum atomic E-state index is 12.5. The molecule has 8 heteroatoms. The predicted octanol–water partition coefficient (Wildman–Crippen LogP) is 5.76. The molecule has 0 spiro atoms. The number of hydrogen-bond acceptors (Lipinski definition) is 6. The first-order valence-electron chi connectivity index (χ1n) is 9.90. The molecule has 3 aromatic carbocycles. The van der Waals surface area contributed by atoms with Crippen molar-refractivity contribution in [2.75, 3.05) is 12.4 Å². The number of rotatable bonds is 8. The van der Waals surface area contributed by atoms with Crippen LogP contribution in [0.2, 0.25) is 5.02 Å². The van der Waals surface area contributed by atoms with Gasteiger partial charge >= 0.3 is 0 Å². The summed E-state index contributed by atoms with van der Waals surface area (Å²) < 4.78 is 16.3. The summed E-state index contributed by atoms with van der Waals surface area (Å²) in [6.45, 7) is 0. The van der Waals surface area contributed by atoms with Crippen LogP contribution in [-0.2, 0) is 11.2 Å². The van der Waals surface area contributed by atoms with Gasteiger partial charge in [-0.05, 0) is 48.5 Å². The number of hydrogen-bond donors (Lipinski definition) is 1. The van der Waals surface area contributed by atoms with Gasteiger partial charge in [-0.1, -0.05) is 41.0 Å². The fraction of sp³-hybridized carbons (Fsp3) is 0.125. The second kappa shape index (κ2) is 9.98. The molecule has 0 saturated carbocycles. The van der Waals surface area contributed by atoms with Gasteiger partial charge < -0.3 is 19.3 Å². The molecule has 0 radical (unpaired) electrons. The highest BCUT2D eigenvalue weighted by Crippen LogP contribution is 2.33. The first kappa shape index (κ1) is 21.4. The number of carbonyl (C=O) groups excluding carboxylic acids is 1. The average Bonchev–Trinajstić information content (AvgIpc) is 3.30. The van der Waals surface area contributed by atoms with Gasteiger partial charge in [-0.15, -0.1) is 0 Å². The van der Waals surface area contributed by atoms with Gasteiger partial charge in [0.25, 0.3) is 0 Å². The number of methoxy groups -OCH3 is 1. The highest BCUT2D eigenvalue weighted by molar-refractivity contribution is 6.32. The summed E-state index contributed by atoms with van der Waals surface area (Å²) in [5.41, 5.74) is 1.35. The molecule has 4 rings (SSSR count). The molecule has 162 valence electrons. The van der Waals surface area contributed by atoms with Crippen LogP contribution in [0.3, 0.4) is 0 Å². The van der Waals surface area contributed by atoms with E-state index in [9.17, 15) is 4.79 Å². The van der Waals surface area contributed by atoms with E-state index in [1.807, 2.05) is 48.5 Å². The molecule has 1 heterocycles. The number of nitrogens with one attached hydrogen (secondary N) is 1. The Morgan fingerprint density at radius 2 is 1.72 bits per heavy atom. The molecule has 0 aliphatic rings. The standard InChI is InChI=1S/C24H20ClN3O4/c1-30-17-12-10-16(11-13-17)24-27-23(32-28-24)15-14-22(29)26-19-7-3-5-9-21(19)31-20-8-4-2-6-18(20)25/h2-13H,14-15H2,1H3,(H,26,29). The maximum Gasteiger partial charge on any atom is 0.227 e. The Bertz CT molecular complexity index is 1210. The van der Waals surface area contributed by atoms with E-state index < -0.39 is 0 Å². The Hall–Kier alpha value is -3.84. The van der Waals surface area contributed by atoms with Crippen molar-refractivity contribution in [1.82, 2.24) is 10.1 Å². The molecule has 0 fully saturated rings. The molecule has 7 nitrogen and oxygen atoms in total. The molecule has 0 bridgehead atoms. The molecule has 0 aliphatic heterocycles. The number of aryl methyl sites for hydroxylation is 1. The topological polar surface area (TPSA) is 86.5 Å². The van der Waals surface area contributed by atoms with Crippen molar-refractivity contribution in [1.29, 1.82) is 0 Å². The van der Waals surface area contributed by atoms with E-state index in [4.69, 9.17) is 25.6 Å². The number of para-hydroxylation sites is 3. The summed E-state index contributed by atoms with van der Waals surface area (Å²) in [7, 11) is 1.61. The molecular weight excluding hydrogens is 430 g/mol. The number of ether oxygens (including phenoxy) is 2. The summed E-state index contributed by atoms with van der Waals surface area (Å²) in [5.74, 6) is 2.38. The number of anilines is 1. The van der Waals surface area contributed by atoms with Crippen LogP contribution in [0.15, 0.2) is 77.3 Å². The molecule has 1 aromatic heterocycles. The van der Waals surface area contributed by atoms with Crippen molar-refractivity contribution in [2.45, 2.75) is 12.8 Å². The van der Waals surface area contributed by atoms with Crippen molar-refractivity contribution in [3.05, 3.63) is 83.7 Å². The number of amides is 1. The third-order valence-electron chi connectivity index (χ3n) is 4.60. The van der Waals surface area contributed by atoms with Crippen molar-refractivity contribution in [3.63, 3.8) is 0 Å². The lowest BCUT2D eigenvalue weighted by Gasteiger charge is -2.12. The molecule has 0 atom stereocenters. The van der Waals surface area contributed by atoms with Gasteiger partial charge in [0.1, 0.15) is 11.5 Å². The summed E-state index contributed by atoms with van der Waals surface area (Å²) in [6.07, 6.45) is 0.479. The van der Waals surface area contributed by atoms with Crippen LogP contribution in [0, 0.1) is 0 Å². The van der Waals surface area contributed by atoms with E-state index in [0.717, 1.165) is 11.3 Å². The Morgan fingerprint density at radius 1 is 1.00 bits per heavy atom. The fourth-order valence-corrected chi connectivity index (χ4v) is 3.13. The summed E-state index contributed by atoms with van der Waals surface area (Å²) in [4.78, 5) is 16.9. The number of aromatic nitrogens is 2. The monoisotopic (exact) mass is 449 g/mol. The lowest BCUT2D eigenvalue weighted by molar-refractivity contribution is -0.116. The van der Waals surface area contributed by atoms with Crippen molar-refractivity contribution < 1.29 is 18.8 Å². The number of nitrogens with zero attached hydrogens (tertiary/aromatic N) is 2. The largest absolute Gasteiger partial charge is 0.497 e. The number of benzene rings is 3. The van der Waals surface area contributed by atoms with Crippen LogP contribution in [-0.4, -0.2) is 23.2 Å². The zero-order chi connectivity index (χ0) is 22.3. The first-order valence-corrected chi connectivity index (χ1v) is 10.3. The Labute approximate surface area is 189 Å². The number of carbonyl (C=O) groups is 1. The smallest absolute Gasteiger partial charge is 0.227 e. The van der Waals surface area contributed by atoms with Crippen molar-refractivity contribution in [2.24, 2.45) is 0 Å². The third-order valence-corrected chi connectivity index (χ3v) is 4.91. The third kappa shape index (κ3) is 5.25. The van der Waals surface area contributed by atoms with Gasteiger partial charge in [-0.3, -0.25) is 4.79 Å². The molecular formula is C24H20ClN3O4. The van der Waals surface area contributed by atoms with E-state index in [1.165, 1.54) is 0 Å². The molecule has 1 N–H and O–H groups in total. The van der Waals surface area contributed by atoms with Crippen LogP contribution in [0.5, 0.6) is 17.2 Å². The SMILES string of the molecule is COc1ccc(-c2noc(CCC(=O)Nc3ccccc3Oc3ccccc3Cl)n2)cc1. The van der Waals surface area contributed by atoms with E-state index >= 15 is 0 Å². The minimum atomic E-state index is -0.204. The highest BCUT2D eigenvalue weighted by Gasteiger charge is 2.13. The van der Waals surface area contributed by atoms with Crippen LogP contribution < -0.4 is 14.8 Å². The summed E-state index contributed by atoms with van der Waals surface area (Å²) in [6, 6.07) is 21.6. The highest BCUT2D eigenvalue weighted by atomic mass is 35.5. The van der Waals surface area contributed by atoms with Crippen LogP contribution in [0.4, 0.5) is 5.69 Å². The molecule has 4 aromatic rings. The molecule has 1 amide bonds. The quantitative estimate of drug-likeness (QED) is 0.368. The molecule has 0 unspecified atom stereocenters. The minimum absolute atomic E-state index is 0.171. The summed E-state index contributed by atoms with van der Waals surface area (Å²) in [5, 5.41) is 7.33. The number of halogens is 1. The van der Waals surface area contributed by atoms with E-state index in [2.05, 4.69) is 15.5 Å². The Kier molecular flexibility index (Phi) is 6.67. The lowest BCUT2D eigenvalue weighted by Crippen LogP contribution is -2.13. The van der Waals surface area contributed by atoms with Crippen LogP contribution in [0.1, 0.15) is 12.3 Å². The first-order chi connectivity index (χ1) is 15.6. The second-order valence-electron chi connectivity index (χ2n) is 6.82. The maximum absolute atomic E-state index is 12.5. The minimum Gasteiger partial charge on any atom is -0.497 e. The van der Waals surface area contributed by atoms with Crippen LogP contribution >= 0.6 is 11.6 Å². The normalized spacial score (nSPS) is 10.6. The van der Waals surface area contributed by atoms with Gasteiger partial charge in [0.15, 0.2) is 5.75 Å². The van der Waals surface area contributed by atoms with Crippen LogP contribution in [0.25, 0.3) is 11.4 Å². The summed E-state index contributed by atoms with van der Waals surface area (Å²) >= 11 is 6.17. The fourth-order valence-electron chi connectivity index (χ4n) is 2.95. The molecule has 0 aliphatic carbocycles. The van der Waals surface area contributed by atoms with Gasteiger partial charge in [0.2, 0.25) is 17.6 Å². The van der Waals surface area contributed by atoms with Gasteiger partial charge in [0, 0.05) is 18.4 Å². The van der Waals surface area contributed by atoms with Gasteiger partial charge in [-0.2, -0.15) is 4.98 Å². The average molecular weight is 450 g/mol. The van der Waals surface area contributed by atoms with Crippen molar-refractivity contribution in [3.8, 4) is 28.6 Å². The second-order valence-corrected chi connectivity index (χ2v) is 7.22. The molecule has 0 saturated heterocycles. The van der Waals surface area contributed by atoms with E-state index in [-0.39, 0.29) is 12.3 Å². The van der Waals surface area contributed by atoms with Gasteiger partial charge in [0.05, 0.1) is 17.8 Å². The zero-order valence-corrected chi connectivity index (χ0v) is 18.0. The molecule has 32 heavy (non-hydrogen) atoms. The Balaban J connectivity index is 1.37. The van der Waals surface area contributed by atoms with E-state index in [0.29, 0.717) is 40.3 Å². The predicted molar refractivity (Wildman–Crippen MR) is 121 cm³/mol. The van der Waals surface area contributed by atoms with Crippen molar-refractivity contribution >= 4 is 23.2 Å². The lowest BCUT2D eigenvalue weighted by atomic mass is 10.2. The van der Waals surface area contributed by atoms with E-state index in [1.54, 1.807) is 31.4 Å². The van der Waals surface area contributed by atoms with Gasteiger partial charge in [-0.25, -0.2) is 0 Å². The zero-order valence-electron chi connectivity index (χ0n) is 17.2.